The Morgan fingerprint density at radius 3 is 2.38 bits per heavy atom. The molecule has 0 aromatic heterocycles. The Labute approximate surface area is 152 Å². The van der Waals surface area contributed by atoms with E-state index in [1.807, 2.05) is 31.7 Å². The predicted molar refractivity (Wildman–Crippen MR) is 97.4 cm³/mol. The molecule has 2 aliphatic heterocycles. The average molecular weight is 396 g/mol. The van der Waals surface area contributed by atoms with Gasteiger partial charge < -0.3 is 14.4 Å². The van der Waals surface area contributed by atoms with Crippen molar-refractivity contribution in [2.45, 2.75) is 77.2 Å². The molecule has 2 fully saturated rings. The molecule has 5 heteroatoms. The quantitative estimate of drug-likeness (QED) is 0.701. The van der Waals surface area contributed by atoms with Crippen molar-refractivity contribution in [1.29, 1.82) is 0 Å². The largest absolute Gasteiger partial charge is 0.489 e. The summed E-state index contributed by atoms with van der Waals surface area (Å²) in [6.07, 6.45) is 3.80. The standard InChI is InChI=1S/C19H26BrNO3/c1-12-5-8-17(16(20)9-12)23-15-10-13-6-7-14(11-15)21(13)18(22)24-19(2,3)4/h5,8-9,13-15H,6-7,10-11H2,1-4H3. The minimum Gasteiger partial charge on any atom is -0.489 e. The molecule has 0 radical (unpaired) electrons. The van der Waals surface area contributed by atoms with Crippen LogP contribution in [0.1, 0.15) is 52.0 Å². The van der Waals surface area contributed by atoms with E-state index in [-0.39, 0.29) is 24.3 Å². The van der Waals surface area contributed by atoms with Gasteiger partial charge in [-0.15, -0.1) is 0 Å². The van der Waals surface area contributed by atoms with Gasteiger partial charge in [-0.1, -0.05) is 6.07 Å². The van der Waals surface area contributed by atoms with Crippen LogP contribution in [0.25, 0.3) is 0 Å². The zero-order valence-electron chi connectivity index (χ0n) is 14.8. The molecule has 0 aliphatic carbocycles. The fourth-order valence-electron chi connectivity index (χ4n) is 3.72. The van der Waals surface area contributed by atoms with Crippen LogP contribution in [0.3, 0.4) is 0 Å². The molecule has 2 heterocycles. The van der Waals surface area contributed by atoms with Crippen LogP contribution in [0, 0.1) is 6.92 Å². The Morgan fingerprint density at radius 1 is 1.21 bits per heavy atom. The van der Waals surface area contributed by atoms with Gasteiger partial charge in [0, 0.05) is 24.9 Å². The smallest absolute Gasteiger partial charge is 0.410 e. The van der Waals surface area contributed by atoms with Gasteiger partial charge in [-0.05, 0) is 74.2 Å². The molecule has 1 aromatic rings. The number of nitrogens with zero attached hydrogens (tertiary/aromatic N) is 1. The van der Waals surface area contributed by atoms with Crippen LogP contribution in [0.15, 0.2) is 22.7 Å². The lowest BCUT2D eigenvalue weighted by Crippen LogP contribution is -2.50. The van der Waals surface area contributed by atoms with Gasteiger partial charge in [0.1, 0.15) is 17.5 Å². The summed E-state index contributed by atoms with van der Waals surface area (Å²) in [5.74, 6) is 0.885. The topological polar surface area (TPSA) is 38.8 Å². The van der Waals surface area contributed by atoms with Gasteiger partial charge in [-0.2, -0.15) is 0 Å². The van der Waals surface area contributed by atoms with Gasteiger partial charge in [0.25, 0.3) is 0 Å². The molecular formula is C19H26BrNO3. The number of benzene rings is 1. The van der Waals surface area contributed by atoms with E-state index in [2.05, 4.69) is 35.0 Å². The number of amides is 1. The summed E-state index contributed by atoms with van der Waals surface area (Å²) in [7, 11) is 0. The van der Waals surface area contributed by atoms with E-state index < -0.39 is 5.60 Å². The molecular weight excluding hydrogens is 370 g/mol. The number of carbonyl (C=O) groups excluding carboxylic acids is 1. The van der Waals surface area contributed by atoms with Gasteiger partial charge in [0.2, 0.25) is 0 Å². The van der Waals surface area contributed by atoms with Crippen LogP contribution in [-0.2, 0) is 4.74 Å². The van der Waals surface area contributed by atoms with Crippen molar-refractivity contribution in [3.63, 3.8) is 0 Å². The highest BCUT2D eigenvalue weighted by molar-refractivity contribution is 9.10. The van der Waals surface area contributed by atoms with Crippen molar-refractivity contribution in [3.8, 4) is 5.75 Å². The number of piperidine rings is 1. The number of fused-ring (bicyclic) bond motifs is 2. The summed E-state index contributed by atoms with van der Waals surface area (Å²) < 4.78 is 12.8. The zero-order chi connectivity index (χ0) is 17.5. The lowest BCUT2D eigenvalue weighted by molar-refractivity contribution is -0.00716. The highest BCUT2D eigenvalue weighted by Gasteiger charge is 2.45. The third-order valence-electron chi connectivity index (χ3n) is 4.68. The van der Waals surface area contributed by atoms with Crippen molar-refractivity contribution >= 4 is 22.0 Å². The molecule has 0 spiro atoms. The maximum atomic E-state index is 12.5. The second-order valence-corrected chi connectivity index (χ2v) is 8.77. The van der Waals surface area contributed by atoms with E-state index in [1.165, 1.54) is 5.56 Å². The molecule has 24 heavy (non-hydrogen) atoms. The molecule has 1 amide bonds. The summed E-state index contributed by atoms with van der Waals surface area (Å²) in [6, 6.07) is 6.60. The Morgan fingerprint density at radius 2 is 1.83 bits per heavy atom. The van der Waals surface area contributed by atoms with Crippen LogP contribution in [-0.4, -0.2) is 34.8 Å². The molecule has 2 atom stereocenters. The van der Waals surface area contributed by atoms with Gasteiger partial charge in [0.05, 0.1) is 4.47 Å². The second kappa shape index (κ2) is 6.58. The fraction of sp³-hybridized carbons (Fsp3) is 0.632. The number of aryl methyl sites for hydroxylation is 1. The molecule has 2 bridgehead atoms. The van der Waals surface area contributed by atoms with Crippen LogP contribution in [0.4, 0.5) is 4.79 Å². The van der Waals surface area contributed by atoms with Crippen molar-refractivity contribution in [2.24, 2.45) is 0 Å². The number of hydrogen-bond donors (Lipinski definition) is 0. The molecule has 2 unspecified atom stereocenters. The van der Waals surface area contributed by atoms with E-state index in [1.54, 1.807) is 0 Å². The van der Waals surface area contributed by atoms with E-state index in [0.29, 0.717) is 0 Å². The first kappa shape index (κ1) is 17.6. The molecule has 2 saturated heterocycles. The monoisotopic (exact) mass is 395 g/mol. The third-order valence-corrected chi connectivity index (χ3v) is 5.29. The summed E-state index contributed by atoms with van der Waals surface area (Å²) >= 11 is 3.58. The number of hydrogen-bond acceptors (Lipinski definition) is 3. The fourth-order valence-corrected chi connectivity index (χ4v) is 4.30. The molecule has 3 rings (SSSR count). The predicted octanol–water partition coefficient (Wildman–Crippen LogP) is 5.07. The lowest BCUT2D eigenvalue weighted by atomic mass is 10.00. The second-order valence-electron chi connectivity index (χ2n) is 7.92. The van der Waals surface area contributed by atoms with Gasteiger partial charge in [-0.3, -0.25) is 0 Å². The van der Waals surface area contributed by atoms with E-state index in [9.17, 15) is 4.79 Å². The van der Waals surface area contributed by atoms with E-state index in [0.717, 1.165) is 35.9 Å². The van der Waals surface area contributed by atoms with Gasteiger partial charge in [-0.25, -0.2) is 4.79 Å². The number of rotatable bonds is 2. The minimum absolute atomic E-state index is 0.153. The minimum atomic E-state index is -0.448. The zero-order valence-corrected chi connectivity index (χ0v) is 16.4. The Balaban J connectivity index is 1.66. The van der Waals surface area contributed by atoms with Crippen molar-refractivity contribution in [3.05, 3.63) is 28.2 Å². The molecule has 4 nitrogen and oxygen atoms in total. The maximum absolute atomic E-state index is 12.5. The summed E-state index contributed by atoms with van der Waals surface area (Å²) in [5, 5.41) is 0. The van der Waals surface area contributed by atoms with Crippen molar-refractivity contribution in [1.82, 2.24) is 4.90 Å². The van der Waals surface area contributed by atoms with Gasteiger partial charge in [0.15, 0.2) is 0 Å². The summed E-state index contributed by atoms with van der Waals surface area (Å²) in [4.78, 5) is 14.4. The van der Waals surface area contributed by atoms with E-state index >= 15 is 0 Å². The highest BCUT2D eigenvalue weighted by Crippen LogP contribution is 2.39. The van der Waals surface area contributed by atoms with Crippen LogP contribution in [0.5, 0.6) is 5.75 Å². The normalized spacial score (nSPS) is 26.4. The van der Waals surface area contributed by atoms with Crippen LogP contribution < -0.4 is 4.74 Å². The number of ether oxygens (including phenoxy) is 2. The highest BCUT2D eigenvalue weighted by atomic mass is 79.9. The first-order valence-electron chi connectivity index (χ1n) is 8.67. The van der Waals surface area contributed by atoms with Crippen LogP contribution in [0.2, 0.25) is 0 Å². The van der Waals surface area contributed by atoms with Crippen LogP contribution >= 0.6 is 15.9 Å². The summed E-state index contributed by atoms with van der Waals surface area (Å²) in [6.45, 7) is 7.81. The maximum Gasteiger partial charge on any atom is 0.410 e. The number of carbonyl (C=O) groups is 1. The van der Waals surface area contributed by atoms with Gasteiger partial charge >= 0.3 is 6.09 Å². The Hall–Kier alpha value is -1.23. The first-order chi connectivity index (χ1) is 11.2. The lowest BCUT2D eigenvalue weighted by Gasteiger charge is -2.39. The number of halogens is 1. The SMILES string of the molecule is Cc1ccc(OC2CC3CCC(C2)N3C(=O)OC(C)(C)C)c(Br)c1. The molecule has 0 N–H and O–H groups in total. The molecule has 132 valence electrons. The third kappa shape index (κ3) is 3.88. The Kier molecular flexibility index (Phi) is 4.82. The molecule has 1 aromatic carbocycles. The first-order valence-corrected chi connectivity index (χ1v) is 9.46. The molecule has 2 aliphatic rings. The van der Waals surface area contributed by atoms with E-state index in [4.69, 9.17) is 9.47 Å². The molecule has 0 saturated carbocycles. The Bertz CT molecular complexity index is 612. The summed E-state index contributed by atoms with van der Waals surface area (Å²) in [5.41, 5.74) is 0.755. The van der Waals surface area contributed by atoms with Crippen molar-refractivity contribution < 1.29 is 14.3 Å². The average Bonchev–Trinajstić information content (AvgIpc) is 2.72. The van der Waals surface area contributed by atoms with Crippen molar-refractivity contribution in [2.75, 3.05) is 0 Å².